The molecule has 1 aliphatic carbocycles. The van der Waals surface area contributed by atoms with E-state index in [4.69, 9.17) is 21.1 Å². The van der Waals surface area contributed by atoms with Crippen LogP contribution in [0, 0.1) is 5.92 Å². The number of anilines is 3. The van der Waals surface area contributed by atoms with Crippen molar-refractivity contribution in [2.24, 2.45) is 13.0 Å². The minimum absolute atomic E-state index is 0.0212. The first-order chi connectivity index (χ1) is 22.5. The van der Waals surface area contributed by atoms with E-state index in [9.17, 15) is 18.0 Å². The van der Waals surface area contributed by atoms with Gasteiger partial charge in [0.25, 0.3) is 0 Å². The zero-order valence-electron chi connectivity index (χ0n) is 25.8. The van der Waals surface area contributed by atoms with E-state index in [2.05, 4.69) is 30.3 Å². The fourth-order valence-electron chi connectivity index (χ4n) is 5.77. The molecule has 0 spiro atoms. The average Bonchev–Trinajstić information content (AvgIpc) is 3.55. The van der Waals surface area contributed by atoms with Gasteiger partial charge in [0.1, 0.15) is 16.1 Å². The summed E-state index contributed by atoms with van der Waals surface area (Å²) in [6.07, 6.45) is 4.26. The maximum Gasteiger partial charge on any atom is 0.416 e. The highest BCUT2D eigenvalue weighted by atomic mass is 35.5. The number of fused-ring (bicyclic) bond motifs is 2. The molecule has 1 saturated carbocycles. The van der Waals surface area contributed by atoms with Crippen LogP contribution in [-0.2, 0) is 29.3 Å². The second-order valence-corrected chi connectivity index (χ2v) is 12.3. The lowest BCUT2D eigenvalue weighted by atomic mass is 10.1. The first kappa shape index (κ1) is 31.1. The van der Waals surface area contributed by atoms with Crippen molar-refractivity contribution in [1.29, 1.82) is 0 Å². The number of hydrogen-bond acceptors (Lipinski definition) is 9. The van der Waals surface area contributed by atoms with Crippen molar-refractivity contribution in [2.45, 2.75) is 38.1 Å². The number of carbonyl (C=O) groups is 1. The number of alkyl halides is 3. The molecule has 47 heavy (non-hydrogen) atoms. The molecular formula is C31H31ClF3N9O3. The first-order valence-electron chi connectivity index (χ1n) is 15.0. The standard InChI is InChI=1S/C31H31ClF3N9O3/c1-41(29(45)18-4-5-18)25-16-44-22(11-36-25)23(13-38-44)47-24-12-37-28-27(26(24)32)42(2)30(40-28)39-20-9-17(8-19(10-20)31(33,34)35)14-43-7-6-21(15-43)46-3/h8-13,16,18,21H,4-7,14-15H2,1-3H3,(H,37,39,40)/t21-/m0/s1. The van der Waals surface area contributed by atoms with E-state index < -0.39 is 11.7 Å². The minimum Gasteiger partial charge on any atom is -0.450 e. The van der Waals surface area contributed by atoms with Gasteiger partial charge in [0.15, 0.2) is 23.0 Å². The number of amides is 1. The van der Waals surface area contributed by atoms with Crippen molar-refractivity contribution in [2.75, 3.05) is 37.5 Å². The molecule has 0 bridgehead atoms. The number of likely N-dealkylation sites (tertiary alicyclic amines) is 1. The Labute approximate surface area is 272 Å². The summed E-state index contributed by atoms with van der Waals surface area (Å²) in [7, 11) is 5.00. The Morgan fingerprint density at radius 1 is 1.13 bits per heavy atom. The number of methoxy groups -OCH3 is 1. The second-order valence-electron chi connectivity index (χ2n) is 11.9. The van der Waals surface area contributed by atoms with Crippen molar-refractivity contribution in [3.63, 3.8) is 0 Å². The predicted molar refractivity (Wildman–Crippen MR) is 168 cm³/mol. The molecule has 5 heterocycles. The molecule has 12 nitrogen and oxygen atoms in total. The molecule has 4 aromatic heterocycles. The van der Waals surface area contributed by atoms with E-state index in [0.717, 1.165) is 31.9 Å². The van der Waals surface area contributed by atoms with Crippen LogP contribution < -0.4 is 15.0 Å². The molecule has 2 fully saturated rings. The number of imidazole rings is 1. The quantitative estimate of drug-likeness (QED) is 0.208. The van der Waals surface area contributed by atoms with Gasteiger partial charge in [-0.25, -0.2) is 14.5 Å². The summed E-state index contributed by atoms with van der Waals surface area (Å²) in [6, 6.07) is 3.91. The number of benzene rings is 1. The number of aryl methyl sites for hydroxylation is 1. The second kappa shape index (κ2) is 12.0. The van der Waals surface area contributed by atoms with E-state index in [1.165, 1.54) is 23.4 Å². The van der Waals surface area contributed by atoms with Crippen LogP contribution in [0.3, 0.4) is 0 Å². The van der Waals surface area contributed by atoms with Gasteiger partial charge in [-0.05, 0) is 43.0 Å². The Morgan fingerprint density at radius 3 is 2.66 bits per heavy atom. The topological polar surface area (TPSA) is 115 Å². The Kier molecular flexibility index (Phi) is 7.92. The molecule has 1 saturated heterocycles. The highest BCUT2D eigenvalue weighted by Crippen LogP contribution is 2.38. The lowest BCUT2D eigenvalue weighted by Crippen LogP contribution is -2.28. The zero-order chi connectivity index (χ0) is 33.0. The maximum absolute atomic E-state index is 13.9. The molecule has 1 N–H and O–H groups in total. The van der Waals surface area contributed by atoms with Gasteiger partial charge in [0.2, 0.25) is 11.9 Å². The monoisotopic (exact) mass is 669 g/mol. The lowest BCUT2D eigenvalue weighted by molar-refractivity contribution is -0.137. The number of rotatable bonds is 9. The van der Waals surface area contributed by atoms with Crippen molar-refractivity contribution >= 4 is 51.6 Å². The third kappa shape index (κ3) is 6.17. The highest BCUT2D eigenvalue weighted by Gasteiger charge is 2.34. The molecule has 5 aromatic rings. The van der Waals surface area contributed by atoms with Gasteiger partial charge < -0.3 is 19.4 Å². The number of aromatic nitrogens is 6. The number of nitrogens with zero attached hydrogens (tertiary/aromatic N) is 8. The molecule has 1 aliphatic heterocycles. The summed E-state index contributed by atoms with van der Waals surface area (Å²) in [5.41, 5.74) is 1.21. The van der Waals surface area contributed by atoms with Crippen LogP contribution in [0.2, 0.25) is 5.02 Å². The van der Waals surface area contributed by atoms with E-state index in [1.54, 1.807) is 48.7 Å². The summed E-state index contributed by atoms with van der Waals surface area (Å²) >= 11 is 6.79. The van der Waals surface area contributed by atoms with Crippen LogP contribution >= 0.6 is 11.6 Å². The third-order valence-corrected chi connectivity index (χ3v) is 8.89. The van der Waals surface area contributed by atoms with Crippen LogP contribution in [-0.4, -0.2) is 73.3 Å². The van der Waals surface area contributed by atoms with Crippen LogP contribution in [0.4, 0.5) is 30.6 Å². The fourth-order valence-corrected chi connectivity index (χ4v) is 6.07. The van der Waals surface area contributed by atoms with Crippen LogP contribution in [0.15, 0.2) is 43.0 Å². The fraction of sp³-hybridized carbons (Fsp3) is 0.387. The Hall–Kier alpha value is -4.47. The van der Waals surface area contributed by atoms with Gasteiger partial charge in [-0.3, -0.25) is 14.6 Å². The molecule has 1 atom stereocenters. The Morgan fingerprint density at radius 2 is 1.94 bits per heavy atom. The molecule has 2 aliphatic rings. The zero-order valence-corrected chi connectivity index (χ0v) is 26.5. The number of hydrogen-bond donors (Lipinski definition) is 1. The Bertz CT molecular complexity index is 1990. The largest absolute Gasteiger partial charge is 0.450 e. The molecule has 246 valence electrons. The summed E-state index contributed by atoms with van der Waals surface area (Å²) in [6.45, 7) is 1.74. The summed E-state index contributed by atoms with van der Waals surface area (Å²) < 4.78 is 56.3. The lowest BCUT2D eigenvalue weighted by Gasteiger charge is -2.18. The van der Waals surface area contributed by atoms with Gasteiger partial charge in [0, 0.05) is 52.4 Å². The Balaban J connectivity index is 1.14. The SMILES string of the molecule is CO[C@H]1CCN(Cc2cc(Nc3nc4ncc(Oc5cnn6cc(N(C)C(=O)C7CC7)ncc56)c(Cl)c4n3C)cc(C(F)(F)F)c2)C1. The number of nitrogens with one attached hydrogen (secondary N) is 1. The van der Waals surface area contributed by atoms with Gasteiger partial charge in [0.05, 0.1) is 36.5 Å². The average molecular weight is 670 g/mol. The van der Waals surface area contributed by atoms with Gasteiger partial charge >= 0.3 is 6.18 Å². The molecule has 7 rings (SSSR count). The van der Waals surface area contributed by atoms with E-state index >= 15 is 0 Å². The van der Waals surface area contributed by atoms with E-state index in [-0.39, 0.29) is 46.0 Å². The molecule has 1 amide bonds. The number of halogens is 4. The van der Waals surface area contributed by atoms with Crippen molar-refractivity contribution in [1.82, 2.24) is 34.0 Å². The summed E-state index contributed by atoms with van der Waals surface area (Å²) in [4.78, 5) is 29.4. The van der Waals surface area contributed by atoms with Gasteiger partial charge in [-0.1, -0.05) is 11.6 Å². The number of ether oxygens (including phenoxy) is 2. The van der Waals surface area contributed by atoms with Gasteiger partial charge in [-0.15, -0.1) is 0 Å². The van der Waals surface area contributed by atoms with Gasteiger partial charge in [-0.2, -0.15) is 23.3 Å². The number of pyridine rings is 1. The number of carbonyl (C=O) groups excluding carboxylic acids is 1. The smallest absolute Gasteiger partial charge is 0.416 e. The normalized spacial score (nSPS) is 17.1. The molecule has 0 radical (unpaired) electrons. The third-order valence-electron chi connectivity index (χ3n) is 8.53. The van der Waals surface area contributed by atoms with Crippen LogP contribution in [0.25, 0.3) is 16.7 Å². The van der Waals surface area contributed by atoms with E-state index in [0.29, 0.717) is 41.3 Å². The summed E-state index contributed by atoms with van der Waals surface area (Å²) in [5, 5.41) is 7.57. The highest BCUT2D eigenvalue weighted by molar-refractivity contribution is 6.36. The summed E-state index contributed by atoms with van der Waals surface area (Å²) in [5.74, 6) is 1.35. The van der Waals surface area contributed by atoms with Crippen molar-refractivity contribution < 1.29 is 27.4 Å². The predicted octanol–water partition coefficient (Wildman–Crippen LogP) is 5.81. The maximum atomic E-state index is 13.9. The molecule has 16 heteroatoms. The molecular weight excluding hydrogens is 639 g/mol. The first-order valence-corrected chi connectivity index (χ1v) is 15.4. The van der Waals surface area contributed by atoms with Crippen molar-refractivity contribution in [3.8, 4) is 11.5 Å². The van der Waals surface area contributed by atoms with E-state index in [1.807, 2.05) is 0 Å². The minimum atomic E-state index is -4.53. The molecule has 1 aromatic carbocycles. The van der Waals surface area contributed by atoms with Crippen LogP contribution in [0.1, 0.15) is 30.4 Å². The molecule has 0 unspecified atom stereocenters. The van der Waals surface area contributed by atoms with Crippen molar-refractivity contribution in [3.05, 3.63) is 59.1 Å². The van der Waals surface area contributed by atoms with Crippen LogP contribution in [0.5, 0.6) is 11.5 Å².